The van der Waals surface area contributed by atoms with Crippen molar-refractivity contribution < 1.29 is 0 Å². The van der Waals surface area contributed by atoms with Crippen molar-refractivity contribution in [2.45, 2.75) is 12.8 Å². The Hall–Kier alpha value is -1.13. The van der Waals surface area contributed by atoms with Gasteiger partial charge in [-0.3, -0.25) is 4.57 Å². The molecule has 4 heteroatoms. The van der Waals surface area contributed by atoms with Gasteiger partial charge in [0.1, 0.15) is 10.6 Å². The first kappa shape index (κ1) is 12.3. The van der Waals surface area contributed by atoms with Gasteiger partial charge in [0.15, 0.2) is 0 Å². The molecule has 2 nitrogen and oxygen atoms in total. The van der Waals surface area contributed by atoms with Crippen molar-refractivity contribution in [1.29, 1.82) is 0 Å². The lowest BCUT2D eigenvalue weighted by Crippen LogP contribution is -2.02. The van der Waals surface area contributed by atoms with Gasteiger partial charge in [-0.15, -0.1) is 0 Å². The van der Waals surface area contributed by atoms with E-state index in [4.69, 9.17) is 12.2 Å². The Kier molecular flexibility index (Phi) is 4.76. The van der Waals surface area contributed by atoms with E-state index in [0.29, 0.717) is 0 Å². The average molecular weight is 262 g/mol. The maximum Gasteiger partial charge on any atom is 0.145 e. The summed E-state index contributed by atoms with van der Waals surface area (Å²) in [4.78, 5) is 3.98. The SMILES string of the molecule is S=C(SCCCc1ccccc1)n1ccnc1. The highest BCUT2D eigenvalue weighted by Crippen LogP contribution is 2.11. The molecule has 2 aromatic rings. The highest BCUT2D eigenvalue weighted by Gasteiger charge is 2.00. The zero-order valence-electron chi connectivity index (χ0n) is 9.45. The van der Waals surface area contributed by atoms with E-state index in [2.05, 4.69) is 29.2 Å². The summed E-state index contributed by atoms with van der Waals surface area (Å²) in [5.41, 5.74) is 1.39. The molecule has 1 aromatic heterocycles. The van der Waals surface area contributed by atoms with Gasteiger partial charge in [-0.05, 0) is 18.4 Å². The van der Waals surface area contributed by atoms with Crippen molar-refractivity contribution in [3.05, 3.63) is 54.6 Å². The van der Waals surface area contributed by atoms with Crippen molar-refractivity contribution in [3.63, 3.8) is 0 Å². The van der Waals surface area contributed by atoms with Crippen LogP contribution in [0.2, 0.25) is 0 Å². The first-order valence-corrected chi connectivity index (χ1v) is 6.94. The summed E-state index contributed by atoms with van der Waals surface area (Å²) >= 11 is 7.00. The van der Waals surface area contributed by atoms with Crippen LogP contribution in [0, 0.1) is 0 Å². The van der Waals surface area contributed by atoms with E-state index < -0.39 is 0 Å². The van der Waals surface area contributed by atoms with Gasteiger partial charge in [0, 0.05) is 18.1 Å². The monoisotopic (exact) mass is 262 g/mol. The molecule has 0 radical (unpaired) electrons. The van der Waals surface area contributed by atoms with Gasteiger partial charge < -0.3 is 0 Å². The van der Waals surface area contributed by atoms with Gasteiger partial charge >= 0.3 is 0 Å². The number of thiocarbonyl (C=S) groups is 1. The fourth-order valence-electron chi connectivity index (χ4n) is 1.52. The number of rotatable bonds is 4. The molecule has 0 fully saturated rings. The van der Waals surface area contributed by atoms with Crippen LogP contribution in [0.15, 0.2) is 49.1 Å². The third-order valence-electron chi connectivity index (χ3n) is 2.39. The standard InChI is InChI=1S/C13H14N2S2/c16-13(15-9-8-14-11-15)17-10-4-7-12-5-2-1-3-6-12/h1-3,5-6,8-9,11H,4,7,10H2. The fraction of sp³-hybridized carbons (Fsp3) is 0.231. The van der Waals surface area contributed by atoms with Crippen LogP contribution in [0.1, 0.15) is 12.0 Å². The van der Waals surface area contributed by atoms with Crippen molar-refractivity contribution in [1.82, 2.24) is 9.55 Å². The molecule has 0 unspecified atom stereocenters. The molecule has 1 heterocycles. The van der Waals surface area contributed by atoms with E-state index in [1.165, 1.54) is 5.56 Å². The predicted octanol–water partition coefficient (Wildman–Crippen LogP) is 3.38. The molecule has 0 saturated carbocycles. The second kappa shape index (κ2) is 6.57. The number of aryl methyl sites for hydroxylation is 1. The minimum absolute atomic E-state index is 0.871. The smallest absolute Gasteiger partial charge is 0.145 e. The number of nitrogens with zero attached hydrogens (tertiary/aromatic N) is 2. The maximum absolute atomic E-state index is 5.29. The summed E-state index contributed by atoms with van der Waals surface area (Å²) in [6.45, 7) is 0. The molecule has 0 N–H and O–H groups in total. The van der Waals surface area contributed by atoms with E-state index in [-0.39, 0.29) is 0 Å². The van der Waals surface area contributed by atoms with Gasteiger partial charge in [0.2, 0.25) is 0 Å². The average Bonchev–Trinajstić information content (AvgIpc) is 2.89. The van der Waals surface area contributed by atoms with E-state index in [0.717, 1.165) is 22.9 Å². The van der Waals surface area contributed by atoms with E-state index >= 15 is 0 Å². The zero-order chi connectivity index (χ0) is 11.9. The number of imidazole rings is 1. The van der Waals surface area contributed by atoms with Crippen LogP contribution in [0.5, 0.6) is 0 Å². The van der Waals surface area contributed by atoms with E-state index in [9.17, 15) is 0 Å². The van der Waals surface area contributed by atoms with Crippen LogP contribution in [-0.4, -0.2) is 19.6 Å². The Morgan fingerprint density at radius 2 is 2.12 bits per heavy atom. The lowest BCUT2D eigenvalue weighted by atomic mass is 10.1. The van der Waals surface area contributed by atoms with Gasteiger partial charge in [-0.25, -0.2) is 4.98 Å². The largest absolute Gasteiger partial charge is 0.291 e. The molecule has 0 atom stereocenters. The molecule has 0 aliphatic rings. The van der Waals surface area contributed by atoms with Crippen molar-refractivity contribution in [2.75, 3.05) is 5.75 Å². The summed E-state index contributed by atoms with van der Waals surface area (Å²) in [6, 6.07) is 10.5. The topological polar surface area (TPSA) is 17.8 Å². The van der Waals surface area contributed by atoms with Crippen molar-refractivity contribution in [2.24, 2.45) is 0 Å². The normalized spacial score (nSPS) is 10.4. The minimum atomic E-state index is 0.871. The Morgan fingerprint density at radius 3 is 2.82 bits per heavy atom. The van der Waals surface area contributed by atoms with Crippen LogP contribution in [-0.2, 0) is 6.42 Å². The Morgan fingerprint density at radius 1 is 1.29 bits per heavy atom. The van der Waals surface area contributed by atoms with Gasteiger partial charge in [0.25, 0.3) is 0 Å². The molecule has 17 heavy (non-hydrogen) atoms. The molecule has 0 aliphatic heterocycles. The number of thioether (sulfide) groups is 1. The zero-order valence-corrected chi connectivity index (χ0v) is 11.1. The molecule has 2 rings (SSSR count). The summed E-state index contributed by atoms with van der Waals surface area (Å²) in [5, 5.41) is 0. The lowest BCUT2D eigenvalue weighted by Gasteiger charge is -2.04. The lowest BCUT2D eigenvalue weighted by molar-refractivity contribution is 0.935. The van der Waals surface area contributed by atoms with Crippen molar-refractivity contribution in [3.8, 4) is 0 Å². The molecule has 0 amide bonds. The first-order chi connectivity index (χ1) is 8.36. The number of benzene rings is 1. The Labute approximate surface area is 111 Å². The highest BCUT2D eigenvalue weighted by atomic mass is 32.2. The van der Waals surface area contributed by atoms with Gasteiger partial charge in [-0.1, -0.05) is 54.3 Å². The van der Waals surface area contributed by atoms with E-state index in [1.807, 2.05) is 16.8 Å². The molecule has 0 aliphatic carbocycles. The third-order valence-corrected chi connectivity index (χ3v) is 3.91. The summed E-state index contributed by atoms with van der Waals surface area (Å²) in [7, 11) is 0. The first-order valence-electron chi connectivity index (χ1n) is 5.55. The molecule has 1 aromatic carbocycles. The van der Waals surface area contributed by atoms with Crippen LogP contribution in [0.4, 0.5) is 0 Å². The third kappa shape index (κ3) is 3.98. The summed E-state index contributed by atoms with van der Waals surface area (Å²) < 4.78 is 2.75. The van der Waals surface area contributed by atoms with Crippen molar-refractivity contribution >= 4 is 28.3 Å². The number of hydrogen-bond acceptors (Lipinski definition) is 3. The summed E-state index contributed by atoms with van der Waals surface area (Å²) in [5.74, 6) is 1.05. The summed E-state index contributed by atoms with van der Waals surface area (Å²) in [6.07, 6.45) is 7.62. The molecular weight excluding hydrogens is 248 g/mol. The molecule has 88 valence electrons. The second-order valence-electron chi connectivity index (χ2n) is 3.67. The second-order valence-corrected chi connectivity index (χ2v) is 5.40. The minimum Gasteiger partial charge on any atom is -0.291 e. The highest BCUT2D eigenvalue weighted by molar-refractivity contribution is 8.23. The van der Waals surface area contributed by atoms with Crippen LogP contribution >= 0.6 is 24.0 Å². The van der Waals surface area contributed by atoms with Gasteiger partial charge in [0.05, 0.1) is 0 Å². The van der Waals surface area contributed by atoms with Crippen LogP contribution in [0.3, 0.4) is 0 Å². The maximum atomic E-state index is 5.29. The molecular formula is C13H14N2S2. The van der Waals surface area contributed by atoms with E-state index in [1.54, 1.807) is 24.3 Å². The molecule has 0 saturated heterocycles. The van der Waals surface area contributed by atoms with Crippen LogP contribution < -0.4 is 0 Å². The predicted molar refractivity (Wildman–Crippen MR) is 77.4 cm³/mol. The number of hydrogen-bond donors (Lipinski definition) is 0. The molecule has 0 bridgehead atoms. The van der Waals surface area contributed by atoms with Crippen LogP contribution in [0.25, 0.3) is 0 Å². The molecule has 0 spiro atoms. The Balaban J connectivity index is 1.69. The quantitative estimate of drug-likeness (QED) is 0.621. The number of aromatic nitrogens is 2. The Bertz CT molecular complexity index is 452. The van der Waals surface area contributed by atoms with Gasteiger partial charge in [-0.2, -0.15) is 0 Å². The fourth-order valence-corrected chi connectivity index (χ4v) is 2.60.